The Morgan fingerprint density at radius 3 is 2.60 bits per heavy atom. The Morgan fingerprint density at radius 2 is 1.86 bits per heavy atom. The summed E-state index contributed by atoms with van der Waals surface area (Å²) in [6, 6.07) is 9.43. The molecule has 13 heteroatoms. The van der Waals surface area contributed by atoms with Crippen LogP contribution in [0.3, 0.4) is 0 Å². The Kier molecular flexibility index (Phi) is 7.15. The summed E-state index contributed by atoms with van der Waals surface area (Å²) in [6.45, 7) is 2.07. The molecule has 1 fully saturated rings. The van der Waals surface area contributed by atoms with Crippen LogP contribution in [0.4, 0.5) is 36.7 Å². The zero-order valence-electron chi connectivity index (χ0n) is 18.6. The van der Waals surface area contributed by atoms with Gasteiger partial charge in [-0.1, -0.05) is 6.07 Å². The molecule has 0 atom stereocenters. The van der Waals surface area contributed by atoms with E-state index in [1.807, 2.05) is 4.90 Å². The fourth-order valence-corrected chi connectivity index (χ4v) is 3.22. The smallest absolute Gasteiger partial charge is 0.416 e. The van der Waals surface area contributed by atoms with Crippen molar-refractivity contribution in [3.63, 3.8) is 0 Å². The molecule has 1 aromatic heterocycles. The summed E-state index contributed by atoms with van der Waals surface area (Å²) in [7, 11) is 1.44. The van der Waals surface area contributed by atoms with Crippen LogP contribution in [0.15, 0.2) is 47.6 Å². The van der Waals surface area contributed by atoms with Crippen molar-refractivity contribution in [3.05, 3.63) is 53.6 Å². The molecule has 3 aromatic rings. The Balaban J connectivity index is 1.58. The highest BCUT2D eigenvalue weighted by Crippen LogP contribution is 2.31. The number of hydrogen-bond acceptors (Lipinski definition) is 10. The zero-order valence-corrected chi connectivity index (χ0v) is 18.6. The quantitative estimate of drug-likeness (QED) is 0.338. The lowest BCUT2D eigenvalue weighted by Gasteiger charge is -2.27. The third-order valence-corrected chi connectivity index (χ3v) is 4.95. The minimum absolute atomic E-state index is 0.00413. The predicted molar refractivity (Wildman–Crippen MR) is 123 cm³/mol. The lowest BCUT2D eigenvalue weighted by atomic mass is 10.2. The summed E-state index contributed by atoms with van der Waals surface area (Å²) >= 11 is 0. The number of alkyl halides is 3. The normalized spacial score (nSPS) is 14.2. The maximum Gasteiger partial charge on any atom is 0.416 e. The largest absolute Gasteiger partial charge is 0.504 e. The lowest BCUT2D eigenvalue weighted by molar-refractivity contribution is -0.137. The van der Waals surface area contributed by atoms with Crippen molar-refractivity contribution in [2.45, 2.75) is 6.18 Å². The van der Waals surface area contributed by atoms with Crippen LogP contribution in [0, 0.1) is 0 Å². The number of benzene rings is 2. The first-order chi connectivity index (χ1) is 16.8. The molecule has 2 aromatic carbocycles. The topological polar surface area (TPSA) is 117 Å². The molecule has 1 saturated heterocycles. The molecule has 0 saturated carbocycles. The van der Waals surface area contributed by atoms with Gasteiger partial charge in [-0.2, -0.15) is 33.2 Å². The molecule has 10 nitrogen and oxygen atoms in total. The summed E-state index contributed by atoms with van der Waals surface area (Å²) < 4.78 is 49.7. The first-order valence-corrected chi connectivity index (χ1v) is 10.5. The van der Waals surface area contributed by atoms with Crippen molar-refractivity contribution < 1.29 is 27.8 Å². The summed E-state index contributed by atoms with van der Waals surface area (Å²) in [4.78, 5) is 14.8. The molecule has 0 amide bonds. The highest BCUT2D eigenvalue weighted by atomic mass is 19.4. The van der Waals surface area contributed by atoms with Gasteiger partial charge in [0.1, 0.15) is 0 Å². The van der Waals surface area contributed by atoms with Gasteiger partial charge in [0.2, 0.25) is 17.8 Å². The van der Waals surface area contributed by atoms with Crippen molar-refractivity contribution in [2.75, 3.05) is 49.1 Å². The van der Waals surface area contributed by atoms with Gasteiger partial charge in [0, 0.05) is 18.8 Å². The number of aromatic hydroxyl groups is 1. The molecule has 184 valence electrons. The fraction of sp³-hybridized carbons (Fsp3) is 0.273. The molecule has 4 rings (SSSR count). The Hall–Kier alpha value is -4.13. The van der Waals surface area contributed by atoms with Gasteiger partial charge >= 0.3 is 6.18 Å². The first kappa shape index (κ1) is 24.0. The maximum absolute atomic E-state index is 13.1. The van der Waals surface area contributed by atoms with Gasteiger partial charge in [-0.05, 0) is 42.0 Å². The van der Waals surface area contributed by atoms with E-state index in [0.717, 1.165) is 12.1 Å². The Labute approximate surface area is 198 Å². The number of halogens is 3. The zero-order chi connectivity index (χ0) is 24.8. The molecule has 1 aliphatic heterocycles. The number of nitrogens with zero attached hydrogens (tertiary/aromatic N) is 5. The van der Waals surface area contributed by atoms with E-state index >= 15 is 0 Å². The van der Waals surface area contributed by atoms with Crippen molar-refractivity contribution in [1.82, 2.24) is 15.0 Å². The van der Waals surface area contributed by atoms with Gasteiger partial charge in [-0.15, -0.1) is 0 Å². The van der Waals surface area contributed by atoms with Crippen LogP contribution in [-0.2, 0) is 10.9 Å². The minimum atomic E-state index is -4.48. The van der Waals surface area contributed by atoms with Gasteiger partial charge < -0.3 is 24.8 Å². The van der Waals surface area contributed by atoms with E-state index in [2.05, 4.69) is 30.8 Å². The maximum atomic E-state index is 13.1. The van der Waals surface area contributed by atoms with E-state index < -0.39 is 11.7 Å². The van der Waals surface area contributed by atoms with Gasteiger partial charge in [-0.3, -0.25) is 0 Å². The number of nitrogens with one attached hydrogen (secondary N) is 2. The third kappa shape index (κ3) is 6.26. The second-order valence-corrected chi connectivity index (χ2v) is 7.39. The van der Waals surface area contributed by atoms with E-state index in [9.17, 15) is 18.3 Å². The summed E-state index contributed by atoms with van der Waals surface area (Å²) in [5.41, 5.74) is 2.73. The molecule has 0 bridgehead atoms. The van der Waals surface area contributed by atoms with Crippen LogP contribution in [0.2, 0.25) is 0 Å². The number of methoxy groups -OCH3 is 1. The molecule has 2 heterocycles. The van der Waals surface area contributed by atoms with Gasteiger partial charge in [-0.25, -0.2) is 5.43 Å². The van der Waals surface area contributed by atoms with E-state index in [1.54, 1.807) is 12.1 Å². The summed E-state index contributed by atoms with van der Waals surface area (Å²) in [5, 5.41) is 16.6. The number of aromatic nitrogens is 3. The number of ether oxygens (including phenoxy) is 2. The molecular formula is C22H22F3N7O3. The highest BCUT2D eigenvalue weighted by molar-refractivity contribution is 5.81. The second kappa shape index (κ2) is 10.4. The van der Waals surface area contributed by atoms with Gasteiger partial charge in [0.05, 0.1) is 32.1 Å². The number of hydrazone groups is 1. The standard InChI is InChI=1S/C22H22F3N7O3/c1-34-18-11-14(5-6-17(18)33)13-26-31-20-28-19(29-21(30-20)32-7-9-35-10-8-32)27-16-4-2-3-15(12-16)22(23,24)25/h2-6,11-13,33H,7-10H2,1H3,(H2,27,28,29,30,31)/b26-13+. The first-order valence-electron chi connectivity index (χ1n) is 10.5. The second-order valence-electron chi connectivity index (χ2n) is 7.39. The molecule has 0 aliphatic carbocycles. The number of phenolic OH excluding ortho intramolecular Hbond substituents is 1. The number of anilines is 4. The van der Waals surface area contributed by atoms with Crippen molar-refractivity contribution in [2.24, 2.45) is 5.10 Å². The van der Waals surface area contributed by atoms with E-state index in [1.165, 1.54) is 31.5 Å². The SMILES string of the molecule is COc1cc(/C=N/Nc2nc(Nc3cccc(C(F)(F)F)c3)nc(N3CCOCC3)n2)ccc1O. The van der Waals surface area contributed by atoms with Gasteiger partial charge in [0.25, 0.3) is 0 Å². The fourth-order valence-electron chi connectivity index (χ4n) is 3.22. The number of hydrogen-bond donors (Lipinski definition) is 3. The summed E-state index contributed by atoms with van der Waals surface area (Å²) in [5.74, 6) is 0.733. The molecule has 0 spiro atoms. The Bertz CT molecular complexity index is 1200. The summed E-state index contributed by atoms with van der Waals surface area (Å²) in [6.07, 6.45) is -3.01. The molecule has 3 N–H and O–H groups in total. The highest BCUT2D eigenvalue weighted by Gasteiger charge is 2.30. The van der Waals surface area contributed by atoms with Crippen LogP contribution in [0.1, 0.15) is 11.1 Å². The molecule has 0 unspecified atom stereocenters. The van der Waals surface area contributed by atoms with Crippen LogP contribution < -0.4 is 20.4 Å². The third-order valence-electron chi connectivity index (χ3n) is 4.95. The molecule has 1 aliphatic rings. The van der Waals surface area contributed by atoms with Crippen LogP contribution in [-0.4, -0.2) is 59.7 Å². The van der Waals surface area contributed by atoms with Crippen LogP contribution in [0.5, 0.6) is 11.5 Å². The lowest BCUT2D eigenvalue weighted by Crippen LogP contribution is -2.37. The average molecular weight is 489 g/mol. The molecular weight excluding hydrogens is 467 g/mol. The van der Waals surface area contributed by atoms with Crippen molar-refractivity contribution in [3.8, 4) is 11.5 Å². The van der Waals surface area contributed by atoms with Crippen LogP contribution >= 0.6 is 0 Å². The van der Waals surface area contributed by atoms with E-state index in [0.29, 0.717) is 37.8 Å². The monoisotopic (exact) mass is 489 g/mol. The van der Waals surface area contributed by atoms with E-state index in [4.69, 9.17) is 9.47 Å². The van der Waals surface area contributed by atoms with Gasteiger partial charge in [0.15, 0.2) is 11.5 Å². The number of phenols is 1. The van der Waals surface area contributed by atoms with Crippen LogP contribution in [0.25, 0.3) is 0 Å². The van der Waals surface area contributed by atoms with Crippen molar-refractivity contribution in [1.29, 1.82) is 0 Å². The van der Waals surface area contributed by atoms with E-state index in [-0.39, 0.29) is 29.1 Å². The molecule has 0 radical (unpaired) electrons. The molecule has 35 heavy (non-hydrogen) atoms. The predicted octanol–water partition coefficient (Wildman–Crippen LogP) is 3.63. The van der Waals surface area contributed by atoms with Crippen molar-refractivity contribution >= 4 is 29.7 Å². The Morgan fingerprint density at radius 1 is 1.09 bits per heavy atom. The average Bonchev–Trinajstić information content (AvgIpc) is 2.85. The number of rotatable bonds is 7. The number of morpholine rings is 1. The minimum Gasteiger partial charge on any atom is -0.504 e.